The number of benzene rings is 1. The van der Waals surface area contributed by atoms with E-state index in [1.807, 2.05) is 0 Å². The third-order valence-corrected chi connectivity index (χ3v) is 2.17. The highest BCUT2D eigenvalue weighted by atomic mass is 19.4. The van der Waals surface area contributed by atoms with Gasteiger partial charge in [0.2, 0.25) is 0 Å². The number of carbonyl (C=O) groups is 1. The van der Waals surface area contributed by atoms with Crippen molar-refractivity contribution in [2.75, 3.05) is 0 Å². The molecule has 0 atom stereocenters. The Morgan fingerprint density at radius 1 is 1.00 bits per heavy atom. The Labute approximate surface area is 92.0 Å². The monoisotopic (exact) mass is 256 g/mol. The summed E-state index contributed by atoms with van der Waals surface area (Å²) in [4.78, 5) is 10.5. The van der Waals surface area contributed by atoms with Gasteiger partial charge in [0.1, 0.15) is 0 Å². The maximum Gasteiger partial charge on any atom is 0.417 e. The van der Waals surface area contributed by atoms with Crippen LogP contribution >= 0.6 is 0 Å². The standard InChI is InChI=1S/C10H6F6O/c1-5-2-3-7(9(11,12)13)8(6(5)4-17)10(14,15)16/h2-4H,1H3. The first-order valence-corrected chi connectivity index (χ1v) is 4.32. The zero-order valence-electron chi connectivity index (χ0n) is 8.41. The van der Waals surface area contributed by atoms with Crippen LogP contribution in [0.25, 0.3) is 0 Å². The quantitative estimate of drug-likeness (QED) is 0.551. The number of rotatable bonds is 1. The molecular weight excluding hydrogens is 250 g/mol. The lowest BCUT2D eigenvalue weighted by molar-refractivity contribution is -0.162. The summed E-state index contributed by atoms with van der Waals surface area (Å²) in [6, 6.07) is 1.16. The molecule has 1 aromatic carbocycles. The van der Waals surface area contributed by atoms with E-state index in [1.165, 1.54) is 0 Å². The highest BCUT2D eigenvalue weighted by Gasteiger charge is 2.45. The van der Waals surface area contributed by atoms with Gasteiger partial charge in [-0.15, -0.1) is 0 Å². The van der Waals surface area contributed by atoms with E-state index in [4.69, 9.17) is 0 Å². The first-order chi connectivity index (χ1) is 7.59. The predicted octanol–water partition coefficient (Wildman–Crippen LogP) is 3.85. The SMILES string of the molecule is Cc1ccc(C(F)(F)F)c(C(F)(F)F)c1C=O. The smallest absolute Gasteiger partial charge is 0.298 e. The molecule has 7 heteroatoms. The van der Waals surface area contributed by atoms with Gasteiger partial charge in [-0.2, -0.15) is 26.3 Å². The Kier molecular flexibility index (Phi) is 3.22. The van der Waals surface area contributed by atoms with E-state index in [0.717, 1.165) is 13.0 Å². The molecule has 0 fully saturated rings. The molecule has 0 saturated carbocycles. The number of hydrogen-bond acceptors (Lipinski definition) is 1. The van der Waals surface area contributed by atoms with Crippen LogP contribution in [0.3, 0.4) is 0 Å². The molecule has 1 rings (SSSR count). The van der Waals surface area contributed by atoms with Crippen molar-refractivity contribution in [1.82, 2.24) is 0 Å². The lowest BCUT2D eigenvalue weighted by Gasteiger charge is -2.18. The summed E-state index contributed by atoms with van der Waals surface area (Å²) in [5, 5.41) is 0. The largest absolute Gasteiger partial charge is 0.417 e. The van der Waals surface area contributed by atoms with E-state index in [2.05, 4.69) is 0 Å². The summed E-state index contributed by atoms with van der Waals surface area (Å²) in [6.45, 7) is 1.14. The normalized spacial score (nSPS) is 12.6. The van der Waals surface area contributed by atoms with Crippen molar-refractivity contribution in [3.05, 3.63) is 34.4 Å². The van der Waals surface area contributed by atoms with E-state index in [9.17, 15) is 31.1 Å². The minimum atomic E-state index is -5.23. The van der Waals surface area contributed by atoms with Gasteiger partial charge in [0.15, 0.2) is 6.29 Å². The Morgan fingerprint density at radius 2 is 1.53 bits per heavy atom. The summed E-state index contributed by atoms with van der Waals surface area (Å²) in [7, 11) is 0. The predicted molar refractivity (Wildman–Crippen MR) is 46.6 cm³/mol. The van der Waals surface area contributed by atoms with Crippen molar-refractivity contribution in [1.29, 1.82) is 0 Å². The van der Waals surface area contributed by atoms with Crippen molar-refractivity contribution in [3.63, 3.8) is 0 Å². The first-order valence-electron chi connectivity index (χ1n) is 4.32. The van der Waals surface area contributed by atoms with E-state index in [-0.39, 0.29) is 11.8 Å². The summed E-state index contributed by atoms with van der Waals surface area (Å²) in [5.74, 6) is 0. The van der Waals surface area contributed by atoms with Crippen molar-refractivity contribution in [3.8, 4) is 0 Å². The number of halogens is 6. The van der Waals surface area contributed by atoms with Crippen LogP contribution in [0.2, 0.25) is 0 Å². The summed E-state index contributed by atoms with van der Waals surface area (Å²) in [5.41, 5.74) is -4.91. The fourth-order valence-corrected chi connectivity index (χ4v) is 1.42. The van der Waals surface area contributed by atoms with Gasteiger partial charge in [0.25, 0.3) is 0 Å². The first kappa shape index (κ1) is 13.5. The van der Waals surface area contributed by atoms with Gasteiger partial charge < -0.3 is 0 Å². The number of aldehydes is 1. The second-order valence-corrected chi connectivity index (χ2v) is 3.33. The maximum absolute atomic E-state index is 12.5. The molecule has 0 N–H and O–H groups in total. The van der Waals surface area contributed by atoms with Gasteiger partial charge in [-0.25, -0.2) is 0 Å². The zero-order valence-corrected chi connectivity index (χ0v) is 8.41. The fraction of sp³-hybridized carbons (Fsp3) is 0.300. The molecule has 1 aromatic rings. The molecule has 0 spiro atoms. The lowest BCUT2D eigenvalue weighted by Crippen LogP contribution is -2.19. The van der Waals surface area contributed by atoms with Crippen molar-refractivity contribution < 1.29 is 31.1 Å². The molecule has 0 aliphatic heterocycles. The Hall–Kier alpha value is -1.53. The molecule has 0 amide bonds. The molecule has 0 saturated heterocycles. The van der Waals surface area contributed by atoms with Crippen LogP contribution in [0.1, 0.15) is 27.0 Å². The number of alkyl halides is 6. The van der Waals surface area contributed by atoms with Crippen LogP contribution < -0.4 is 0 Å². The molecule has 94 valence electrons. The van der Waals surface area contributed by atoms with Crippen LogP contribution in [0.4, 0.5) is 26.3 Å². The van der Waals surface area contributed by atoms with Gasteiger partial charge in [-0.1, -0.05) is 6.07 Å². The summed E-state index contributed by atoms with van der Waals surface area (Å²) < 4.78 is 74.9. The molecule has 0 bridgehead atoms. The fourth-order valence-electron chi connectivity index (χ4n) is 1.42. The molecule has 0 aliphatic carbocycles. The van der Waals surface area contributed by atoms with Crippen LogP contribution in [-0.4, -0.2) is 6.29 Å². The Morgan fingerprint density at radius 3 is 1.88 bits per heavy atom. The van der Waals surface area contributed by atoms with Crippen molar-refractivity contribution in [2.45, 2.75) is 19.3 Å². The van der Waals surface area contributed by atoms with E-state index in [1.54, 1.807) is 0 Å². The average Bonchev–Trinajstić information content (AvgIpc) is 2.13. The second kappa shape index (κ2) is 4.05. The van der Waals surface area contributed by atoms with Crippen molar-refractivity contribution >= 4 is 6.29 Å². The number of aryl methyl sites for hydroxylation is 1. The maximum atomic E-state index is 12.5. The lowest BCUT2D eigenvalue weighted by atomic mass is 9.96. The van der Waals surface area contributed by atoms with Crippen LogP contribution in [0.5, 0.6) is 0 Å². The third-order valence-electron chi connectivity index (χ3n) is 2.17. The second-order valence-electron chi connectivity index (χ2n) is 3.33. The van der Waals surface area contributed by atoms with Crippen LogP contribution in [0, 0.1) is 6.92 Å². The number of carbonyl (C=O) groups excluding carboxylic acids is 1. The molecule has 17 heavy (non-hydrogen) atoms. The minimum absolute atomic E-state index is 0.152. The molecular formula is C10H6F6O. The van der Waals surface area contributed by atoms with Gasteiger partial charge >= 0.3 is 12.4 Å². The third kappa shape index (κ3) is 2.59. The van der Waals surface area contributed by atoms with Gasteiger partial charge in [0.05, 0.1) is 11.1 Å². The van der Waals surface area contributed by atoms with Gasteiger partial charge in [0, 0.05) is 5.56 Å². The molecule has 0 aromatic heterocycles. The molecule has 0 unspecified atom stereocenters. The molecule has 0 radical (unpaired) electrons. The topological polar surface area (TPSA) is 17.1 Å². The van der Waals surface area contributed by atoms with Crippen LogP contribution in [-0.2, 0) is 12.4 Å². The van der Waals surface area contributed by atoms with Crippen molar-refractivity contribution in [2.24, 2.45) is 0 Å². The molecule has 0 heterocycles. The van der Waals surface area contributed by atoms with E-state index >= 15 is 0 Å². The Balaban J connectivity index is 3.70. The highest BCUT2D eigenvalue weighted by molar-refractivity contribution is 5.81. The number of hydrogen-bond donors (Lipinski definition) is 0. The summed E-state index contributed by atoms with van der Waals surface area (Å²) in [6.07, 6.45) is -10.6. The van der Waals surface area contributed by atoms with E-state index < -0.39 is 29.0 Å². The van der Waals surface area contributed by atoms with Crippen LogP contribution in [0.15, 0.2) is 12.1 Å². The van der Waals surface area contributed by atoms with E-state index in [0.29, 0.717) is 6.07 Å². The molecule has 1 nitrogen and oxygen atoms in total. The Bertz CT molecular complexity index is 443. The van der Waals surface area contributed by atoms with Gasteiger partial charge in [-0.05, 0) is 18.6 Å². The van der Waals surface area contributed by atoms with Gasteiger partial charge in [-0.3, -0.25) is 4.79 Å². The average molecular weight is 256 g/mol. The summed E-state index contributed by atoms with van der Waals surface area (Å²) >= 11 is 0. The zero-order chi connectivity index (χ0) is 13.4. The highest BCUT2D eigenvalue weighted by Crippen LogP contribution is 2.42. The molecule has 0 aliphatic rings. The minimum Gasteiger partial charge on any atom is -0.298 e.